The topological polar surface area (TPSA) is 80.0 Å². The first kappa shape index (κ1) is 14.6. The number of aliphatic hydroxyl groups excluding tert-OH is 1. The lowest BCUT2D eigenvalue weighted by Gasteiger charge is -2.18. The zero-order valence-corrected chi connectivity index (χ0v) is 12.8. The van der Waals surface area contributed by atoms with Crippen molar-refractivity contribution in [3.05, 3.63) is 78.0 Å². The summed E-state index contributed by atoms with van der Waals surface area (Å²) in [6, 6.07) is 10.7. The molecule has 0 fully saturated rings. The fraction of sp³-hybridized carbons (Fsp3) is 0.167. The maximum atomic E-state index is 12.6. The molecule has 120 valence electrons. The number of pyridine rings is 1. The number of aromatic nitrogens is 3. The first-order valence-electron chi connectivity index (χ1n) is 7.73. The van der Waals surface area contributed by atoms with Crippen molar-refractivity contribution in [2.24, 2.45) is 0 Å². The third kappa shape index (κ3) is 2.57. The molecule has 0 saturated heterocycles. The predicted molar refractivity (Wildman–Crippen MR) is 87.7 cm³/mol. The number of hydrogen-bond acceptors (Lipinski definition) is 4. The molecular formula is C18H16N4O2. The lowest BCUT2D eigenvalue weighted by Crippen LogP contribution is -2.33. The molecule has 3 aromatic rings. The SMILES string of the molecule is O=C(NC1c2ccccc2CC1O)c1ccnc(-n2ccnc2)c1. The van der Waals surface area contributed by atoms with Crippen molar-refractivity contribution in [3.63, 3.8) is 0 Å². The van der Waals surface area contributed by atoms with Crippen LogP contribution in [0.5, 0.6) is 0 Å². The zero-order valence-electron chi connectivity index (χ0n) is 12.8. The van der Waals surface area contributed by atoms with Gasteiger partial charge >= 0.3 is 0 Å². The van der Waals surface area contributed by atoms with E-state index < -0.39 is 12.1 Å². The van der Waals surface area contributed by atoms with Crippen molar-refractivity contribution in [1.29, 1.82) is 0 Å². The van der Waals surface area contributed by atoms with Gasteiger partial charge in [0.2, 0.25) is 0 Å². The number of fused-ring (bicyclic) bond motifs is 1. The Morgan fingerprint density at radius 1 is 1.25 bits per heavy atom. The maximum Gasteiger partial charge on any atom is 0.252 e. The first-order chi connectivity index (χ1) is 11.7. The van der Waals surface area contributed by atoms with E-state index in [9.17, 15) is 9.90 Å². The van der Waals surface area contributed by atoms with Gasteiger partial charge in [0, 0.05) is 30.6 Å². The zero-order chi connectivity index (χ0) is 16.5. The number of hydrogen-bond donors (Lipinski definition) is 2. The van der Waals surface area contributed by atoms with Crippen molar-refractivity contribution in [2.75, 3.05) is 0 Å². The number of amides is 1. The molecule has 1 aromatic carbocycles. The number of aliphatic hydroxyl groups is 1. The van der Waals surface area contributed by atoms with Crippen molar-refractivity contribution >= 4 is 5.91 Å². The third-order valence-corrected chi connectivity index (χ3v) is 4.27. The fourth-order valence-corrected chi connectivity index (χ4v) is 3.07. The molecule has 1 amide bonds. The highest BCUT2D eigenvalue weighted by Gasteiger charge is 2.32. The lowest BCUT2D eigenvalue weighted by molar-refractivity contribution is 0.0858. The summed E-state index contributed by atoms with van der Waals surface area (Å²) in [5, 5.41) is 13.2. The number of nitrogens with zero attached hydrogens (tertiary/aromatic N) is 3. The highest BCUT2D eigenvalue weighted by atomic mass is 16.3. The standard InChI is InChI=1S/C18H16N4O2/c23-15-9-12-3-1-2-4-14(12)17(15)21-18(24)13-5-6-20-16(10-13)22-8-7-19-11-22/h1-8,10-11,15,17,23H,9H2,(H,21,24). The summed E-state index contributed by atoms with van der Waals surface area (Å²) in [7, 11) is 0. The number of carbonyl (C=O) groups is 1. The molecule has 1 aliphatic carbocycles. The van der Waals surface area contributed by atoms with Gasteiger partial charge in [-0.1, -0.05) is 24.3 Å². The first-order valence-corrected chi connectivity index (χ1v) is 7.73. The van der Waals surface area contributed by atoms with E-state index in [4.69, 9.17) is 0 Å². The lowest BCUT2D eigenvalue weighted by atomic mass is 10.1. The predicted octanol–water partition coefficient (Wildman–Crippen LogP) is 1.66. The molecule has 0 spiro atoms. The number of nitrogens with one attached hydrogen (secondary N) is 1. The average Bonchev–Trinajstić information content (AvgIpc) is 3.24. The molecule has 6 heteroatoms. The van der Waals surface area contributed by atoms with E-state index in [1.54, 1.807) is 41.6 Å². The molecule has 0 radical (unpaired) electrons. The summed E-state index contributed by atoms with van der Waals surface area (Å²) in [4.78, 5) is 20.8. The van der Waals surface area contributed by atoms with Gasteiger partial charge in [-0.15, -0.1) is 0 Å². The summed E-state index contributed by atoms with van der Waals surface area (Å²) >= 11 is 0. The van der Waals surface area contributed by atoms with E-state index in [0.29, 0.717) is 17.8 Å². The van der Waals surface area contributed by atoms with E-state index in [-0.39, 0.29) is 5.91 Å². The third-order valence-electron chi connectivity index (χ3n) is 4.27. The minimum atomic E-state index is -0.610. The monoisotopic (exact) mass is 320 g/mol. The van der Waals surface area contributed by atoms with Crippen LogP contribution in [0, 0.1) is 0 Å². The molecule has 2 atom stereocenters. The summed E-state index contributed by atoms with van der Waals surface area (Å²) in [5.41, 5.74) is 2.54. The number of carbonyl (C=O) groups excluding carboxylic acids is 1. The van der Waals surface area contributed by atoms with E-state index in [0.717, 1.165) is 11.1 Å². The smallest absolute Gasteiger partial charge is 0.252 e. The molecule has 0 aliphatic heterocycles. The Morgan fingerprint density at radius 3 is 2.96 bits per heavy atom. The summed E-state index contributed by atoms with van der Waals surface area (Å²) in [6.45, 7) is 0. The van der Waals surface area contributed by atoms with Gasteiger partial charge in [0.25, 0.3) is 5.91 Å². The van der Waals surface area contributed by atoms with E-state index in [1.807, 2.05) is 24.3 Å². The van der Waals surface area contributed by atoms with Gasteiger partial charge in [-0.2, -0.15) is 0 Å². The van der Waals surface area contributed by atoms with Crippen LogP contribution in [-0.2, 0) is 6.42 Å². The van der Waals surface area contributed by atoms with Gasteiger partial charge in [-0.3, -0.25) is 9.36 Å². The fourth-order valence-electron chi connectivity index (χ4n) is 3.07. The van der Waals surface area contributed by atoms with Crippen molar-refractivity contribution in [2.45, 2.75) is 18.6 Å². The molecule has 0 bridgehead atoms. The molecule has 2 aromatic heterocycles. The van der Waals surface area contributed by atoms with Crippen molar-refractivity contribution in [3.8, 4) is 5.82 Å². The maximum absolute atomic E-state index is 12.6. The van der Waals surface area contributed by atoms with Gasteiger partial charge in [0.15, 0.2) is 0 Å². The minimum Gasteiger partial charge on any atom is -0.390 e. The molecule has 0 saturated carbocycles. The Bertz CT molecular complexity index is 876. The highest BCUT2D eigenvalue weighted by Crippen LogP contribution is 2.31. The molecule has 2 unspecified atom stereocenters. The van der Waals surface area contributed by atoms with Crippen LogP contribution in [0.2, 0.25) is 0 Å². The van der Waals surface area contributed by atoms with Crippen molar-refractivity contribution in [1.82, 2.24) is 19.9 Å². The molecule has 2 N–H and O–H groups in total. The average molecular weight is 320 g/mol. The van der Waals surface area contributed by atoms with Crippen LogP contribution >= 0.6 is 0 Å². The van der Waals surface area contributed by atoms with Crippen molar-refractivity contribution < 1.29 is 9.90 Å². The normalized spacial score (nSPS) is 19.0. The van der Waals surface area contributed by atoms with Gasteiger partial charge in [-0.25, -0.2) is 9.97 Å². The van der Waals surface area contributed by atoms with Crippen LogP contribution < -0.4 is 5.32 Å². The Morgan fingerprint density at radius 2 is 2.12 bits per heavy atom. The Hall–Kier alpha value is -2.99. The number of benzene rings is 1. The summed E-state index contributed by atoms with van der Waals surface area (Å²) < 4.78 is 1.73. The van der Waals surface area contributed by atoms with Crippen LogP contribution in [0.3, 0.4) is 0 Å². The second kappa shape index (κ2) is 5.90. The van der Waals surface area contributed by atoms with E-state index in [2.05, 4.69) is 15.3 Å². The number of rotatable bonds is 3. The molecule has 2 heterocycles. The van der Waals surface area contributed by atoms with Gasteiger partial charge in [-0.05, 0) is 23.3 Å². The van der Waals surface area contributed by atoms with E-state index in [1.165, 1.54) is 0 Å². The minimum absolute atomic E-state index is 0.237. The Balaban J connectivity index is 1.58. The molecular weight excluding hydrogens is 304 g/mol. The van der Waals surface area contributed by atoms with Crippen LogP contribution in [0.1, 0.15) is 27.5 Å². The molecule has 1 aliphatic rings. The molecule has 6 nitrogen and oxygen atoms in total. The quantitative estimate of drug-likeness (QED) is 0.769. The van der Waals surface area contributed by atoms with Gasteiger partial charge < -0.3 is 10.4 Å². The second-order valence-corrected chi connectivity index (χ2v) is 5.79. The van der Waals surface area contributed by atoms with Gasteiger partial charge in [0.1, 0.15) is 12.1 Å². The second-order valence-electron chi connectivity index (χ2n) is 5.79. The Labute approximate surface area is 138 Å². The molecule has 24 heavy (non-hydrogen) atoms. The Kier molecular flexibility index (Phi) is 3.59. The largest absolute Gasteiger partial charge is 0.390 e. The molecule has 4 rings (SSSR count). The van der Waals surface area contributed by atoms with Crippen LogP contribution in [-0.4, -0.2) is 31.7 Å². The summed E-state index contributed by atoms with van der Waals surface area (Å²) in [6.07, 6.45) is 6.57. The van der Waals surface area contributed by atoms with Crippen LogP contribution in [0.4, 0.5) is 0 Å². The van der Waals surface area contributed by atoms with Crippen LogP contribution in [0.15, 0.2) is 61.3 Å². The summed E-state index contributed by atoms with van der Waals surface area (Å²) in [5.74, 6) is 0.382. The highest BCUT2D eigenvalue weighted by molar-refractivity contribution is 5.94. The van der Waals surface area contributed by atoms with Gasteiger partial charge in [0.05, 0.1) is 12.1 Å². The number of imidazole rings is 1. The van der Waals surface area contributed by atoms with Crippen LogP contribution in [0.25, 0.3) is 5.82 Å². The van der Waals surface area contributed by atoms with E-state index >= 15 is 0 Å².